The fourth-order valence-corrected chi connectivity index (χ4v) is 1.23. The molecule has 4 nitrogen and oxygen atoms in total. The molecule has 0 unspecified atom stereocenters. The van der Waals surface area contributed by atoms with Crippen molar-refractivity contribution in [3.8, 4) is 5.75 Å². The van der Waals surface area contributed by atoms with Crippen LogP contribution in [0.5, 0.6) is 5.75 Å². The number of carbonyl (C=O) groups excluding carboxylic acids is 1. The van der Waals surface area contributed by atoms with E-state index in [0.29, 0.717) is 11.3 Å². The summed E-state index contributed by atoms with van der Waals surface area (Å²) in [6, 6.07) is 17.2. The van der Waals surface area contributed by atoms with E-state index in [-0.39, 0.29) is 0 Å². The number of aromatic carboxylic acids is 1. The Morgan fingerprint density at radius 2 is 1.45 bits per heavy atom. The highest BCUT2D eigenvalue weighted by Crippen LogP contribution is 2.07. The number of para-hydroxylation sites is 1. The van der Waals surface area contributed by atoms with E-state index in [1.165, 1.54) is 0 Å². The molecule has 0 saturated carbocycles. The van der Waals surface area contributed by atoms with Gasteiger partial charge >= 0.3 is 11.9 Å². The standard InChI is InChI=1S/C9H8O2.C7H6O2/c1-2-9(10)11-8-6-4-3-5-7-8;8-7(9)6-4-2-1-3-5-6/h2-7H,1H2;1-5H,(H,8,9). The molecule has 102 valence electrons. The molecule has 0 spiro atoms. The van der Waals surface area contributed by atoms with Crippen LogP contribution in [-0.4, -0.2) is 17.0 Å². The third-order valence-electron chi connectivity index (χ3n) is 2.15. The maximum absolute atomic E-state index is 10.6. The van der Waals surface area contributed by atoms with Gasteiger partial charge in [0, 0.05) is 6.08 Å². The smallest absolute Gasteiger partial charge is 0.335 e. The van der Waals surface area contributed by atoms with Gasteiger partial charge in [-0.05, 0) is 24.3 Å². The van der Waals surface area contributed by atoms with Gasteiger partial charge in [-0.25, -0.2) is 9.59 Å². The molecule has 0 radical (unpaired) electrons. The van der Waals surface area contributed by atoms with E-state index in [1.54, 1.807) is 54.6 Å². The molecule has 2 rings (SSSR count). The van der Waals surface area contributed by atoms with Crippen LogP contribution in [0.4, 0.5) is 0 Å². The first-order chi connectivity index (χ1) is 9.63. The number of benzene rings is 2. The summed E-state index contributed by atoms with van der Waals surface area (Å²) >= 11 is 0. The van der Waals surface area contributed by atoms with Gasteiger partial charge < -0.3 is 9.84 Å². The number of rotatable bonds is 3. The monoisotopic (exact) mass is 270 g/mol. The minimum absolute atomic E-state index is 0.331. The van der Waals surface area contributed by atoms with Crippen LogP contribution in [0, 0.1) is 0 Å². The normalized spacial score (nSPS) is 8.80. The lowest BCUT2D eigenvalue weighted by Crippen LogP contribution is -2.02. The SMILES string of the molecule is C=CC(=O)Oc1ccccc1.O=C(O)c1ccccc1. The Balaban J connectivity index is 0.000000204. The summed E-state index contributed by atoms with van der Waals surface area (Å²) in [7, 11) is 0. The van der Waals surface area contributed by atoms with Crippen molar-refractivity contribution in [2.45, 2.75) is 0 Å². The van der Waals surface area contributed by atoms with Crippen LogP contribution in [-0.2, 0) is 4.79 Å². The fourth-order valence-electron chi connectivity index (χ4n) is 1.23. The molecule has 4 heteroatoms. The van der Waals surface area contributed by atoms with Crippen LogP contribution in [0.2, 0.25) is 0 Å². The van der Waals surface area contributed by atoms with Crippen LogP contribution < -0.4 is 4.74 Å². The quantitative estimate of drug-likeness (QED) is 0.528. The van der Waals surface area contributed by atoms with E-state index in [0.717, 1.165) is 6.08 Å². The van der Waals surface area contributed by atoms with Gasteiger partial charge in [-0.1, -0.05) is 43.0 Å². The van der Waals surface area contributed by atoms with Crippen LogP contribution in [0.15, 0.2) is 73.3 Å². The highest BCUT2D eigenvalue weighted by atomic mass is 16.5. The minimum atomic E-state index is -0.879. The Morgan fingerprint density at radius 3 is 1.85 bits per heavy atom. The van der Waals surface area contributed by atoms with E-state index in [4.69, 9.17) is 9.84 Å². The summed E-state index contributed by atoms with van der Waals surface area (Å²) in [4.78, 5) is 20.8. The van der Waals surface area contributed by atoms with Crippen molar-refractivity contribution < 1.29 is 19.4 Å². The van der Waals surface area contributed by atoms with Crippen LogP contribution in [0.25, 0.3) is 0 Å². The maximum Gasteiger partial charge on any atom is 0.335 e. The van der Waals surface area contributed by atoms with E-state index in [9.17, 15) is 9.59 Å². The maximum atomic E-state index is 10.6. The molecule has 0 aliphatic heterocycles. The summed E-state index contributed by atoms with van der Waals surface area (Å²) in [5.74, 6) is -0.774. The Morgan fingerprint density at radius 1 is 0.950 bits per heavy atom. The third kappa shape index (κ3) is 5.64. The number of carboxylic acid groups (broad SMARTS) is 1. The van der Waals surface area contributed by atoms with Gasteiger partial charge in [0.2, 0.25) is 0 Å². The van der Waals surface area contributed by atoms with Gasteiger partial charge in [-0.15, -0.1) is 0 Å². The van der Waals surface area contributed by atoms with Gasteiger partial charge in [0.05, 0.1) is 5.56 Å². The molecule has 2 aromatic carbocycles. The van der Waals surface area contributed by atoms with E-state index in [1.807, 2.05) is 6.07 Å². The molecule has 0 aliphatic rings. The first-order valence-electron chi connectivity index (χ1n) is 5.81. The molecule has 1 N–H and O–H groups in total. The molecular formula is C16H14O4. The van der Waals surface area contributed by atoms with Crippen molar-refractivity contribution >= 4 is 11.9 Å². The molecule has 0 aromatic heterocycles. The summed E-state index contributed by atoms with van der Waals surface area (Å²) in [6.07, 6.45) is 1.13. The van der Waals surface area contributed by atoms with Gasteiger partial charge in [0.15, 0.2) is 0 Å². The largest absolute Gasteiger partial charge is 0.478 e. The molecule has 0 bridgehead atoms. The number of hydrogen-bond donors (Lipinski definition) is 1. The lowest BCUT2D eigenvalue weighted by molar-refractivity contribution is -0.128. The number of hydrogen-bond acceptors (Lipinski definition) is 3. The lowest BCUT2D eigenvalue weighted by atomic mass is 10.2. The van der Waals surface area contributed by atoms with Crippen LogP contribution in [0.3, 0.4) is 0 Å². The predicted molar refractivity (Wildman–Crippen MR) is 75.7 cm³/mol. The van der Waals surface area contributed by atoms with Gasteiger partial charge in [-0.2, -0.15) is 0 Å². The Hall–Kier alpha value is -2.88. The zero-order valence-electron chi connectivity index (χ0n) is 10.7. The van der Waals surface area contributed by atoms with Crippen LogP contribution in [0.1, 0.15) is 10.4 Å². The van der Waals surface area contributed by atoms with Crippen LogP contribution >= 0.6 is 0 Å². The van der Waals surface area contributed by atoms with Crippen molar-refractivity contribution in [2.24, 2.45) is 0 Å². The first-order valence-corrected chi connectivity index (χ1v) is 5.81. The summed E-state index contributed by atoms with van der Waals surface area (Å²) in [5.41, 5.74) is 0.331. The Kier molecular flexibility index (Phi) is 6.27. The van der Waals surface area contributed by atoms with Gasteiger partial charge in [0.25, 0.3) is 0 Å². The summed E-state index contributed by atoms with van der Waals surface area (Å²) < 4.78 is 4.81. The molecule has 0 aliphatic carbocycles. The van der Waals surface area contributed by atoms with Gasteiger partial charge in [0.1, 0.15) is 5.75 Å². The zero-order valence-corrected chi connectivity index (χ0v) is 10.7. The predicted octanol–water partition coefficient (Wildman–Crippen LogP) is 3.16. The second kappa shape index (κ2) is 8.26. The first kappa shape index (κ1) is 15.2. The zero-order chi connectivity index (χ0) is 14.8. The number of esters is 1. The molecule has 2 aromatic rings. The Bertz CT molecular complexity index is 562. The van der Waals surface area contributed by atoms with Crippen molar-refractivity contribution in [3.05, 3.63) is 78.9 Å². The van der Waals surface area contributed by atoms with Gasteiger partial charge in [-0.3, -0.25) is 0 Å². The average molecular weight is 270 g/mol. The molecule has 0 amide bonds. The molecule has 0 atom stereocenters. The minimum Gasteiger partial charge on any atom is -0.478 e. The van der Waals surface area contributed by atoms with E-state index < -0.39 is 11.9 Å². The second-order valence-corrected chi connectivity index (χ2v) is 3.61. The lowest BCUT2D eigenvalue weighted by Gasteiger charge is -1.98. The van der Waals surface area contributed by atoms with Crippen molar-refractivity contribution in [1.82, 2.24) is 0 Å². The van der Waals surface area contributed by atoms with Crippen molar-refractivity contribution in [2.75, 3.05) is 0 Å². The average Bonchev–Trinajstić information content (AvgIpc) is 2.49. The Labute approximate surface area is 116 Å². The molecule has 0 heterocycles. The molecular weight excluding hydrogens is 256 g/mol. The highest BCUT2D eigenvalue weighted by Gasteiger charge is 1.97. The van der Waals surface area contributed by atoms with E-state index in [2.05, 4.69) is 6.58 Å². The molecule has 0 fully saturated rings. The third-order valence-corrected chi connectivity index (χ3v) is 2.15. The highest BCUT2D eigenvalue weighted by molar-refractivity contribution is 5.87. The number of carbonyl (C=O) groups is 2. The second-order valence-electron chi connectivity index (χ2n) is 3.61. The van der Waals surface area contributed by atoms with Crippen molar-refractivity contribution in [1.29, 1.82) is 0 Å². The number of carboxylic acids is 1. The molecule has 20 heavy (non-hydrogen) atoms. The number of ether oxygens (including phenoxy) is 1. The summed E-state index contributed by atoms with van der Waals surface area (Å²) in [5, 5.41) is 8.38. The molecule has 0 saturated heterocycles. The fraction of sp³-hybridized carbons (Fsp3) is 0. The summed E-state index contributed by atoms with van der Waals surface area (Å²) in [6.45, 7) is 3.28. The topological polar surface area (TPSA) is 63.6 Å². The van der Waals surface area contributed by atoms with E-state index >= 15 is 0 Å². The van der Waals surface area contributed by atoms with Crippen molar-refractivity contribution in [3.63, 3.8) is 0 Å².